The fourth-order valence-electron chi connectivity index (χ4n) is 3.03. The number of unbranched alkanes of at least 4 members (excludes halogenated alkanes) is 6. The molecule has 0 radical (unpaired) electrons. The van der Waals surface area contributed by atoms with Crippen LogP contribution in [-0.2, 0) is 0 Å². The molecule has 20 heavy (non-hydrogen) atoms. The minimum Gasteiger partial charge on any atom is -0.329 e. The van der Waals surface area contributed by atoms with Crippen LogP contribution in [0.4, 0.5) is 0 Å². The fourth-order valence-corrected chi connectivity index (χ4v) is 3.03. The number of hydrogen-bond donors (Lipinski definition) is 1. The first-order chi connectivity index (χ1) is 9.52. The van der Waals surface area contributed by atoms with Crippen LogP contribution in [0.2, 0.25) is 0 Å². The summed E-state index contributed by atoms with van der Waals surface area (Å²) in [6.45, 7) is 10.0. The SMILES string of the molecule is CCCCCCCCCC(CN)N(C)C(C)CC(C)C. The largest absolute Gasteiger partial charge is 0.329 e. The van der Waals surface area contributed by atoms with E-state index in [-0.39, 0.29) is 0 Å². The second kappa shape index (κ2) is 12.6. The van der Waals surface area contributed by atoms with E-state index in [0.29, 0.717) is 12.1 Å². The molecule has 0 spiro atoms. The molecule has 0 bridgehead atoms. The van der Waals surface area contributed by atoms with Gasteiger partial charge >= 0.3 is 0 Å². The molecule has 0 aliphatic rings. The number of likely N-dealkylation sites (N-methyl/N-ethyl adjacent to an activating group) is 1. The molecule has 0 heterocycles. The van der Waals surface area contributed by atoms with Crippen LogP contribution in [0.1, 0.15) is 85.5 Å². The van der Waals surface area contributed by atoms with Gasteiger partial charge in [-0.25, -0.2) is 0 Å². The summed E-state index contributed by atoms with van der Waals surface area (Å²) >= 11 is 0. The standard InChI is InChI=1S/C18H40N2/c1-6-7-8-9-10-11-12-13-18(15-19)20(5)17(4)14-16(2)3/h16-18H,6-15,19H2,1-5H3. The van der Waals surface area contributed by atoms with Gasteiger partial charge in [0.25, 0.3) is 0 Å². The lowest BCUT2D eigenvalue weighted by molar-refractivity contribution is 0.158. The Morgan fingerprint density at radius 3 is 1.95 bits per heavy atom. The molecule has 0 aromatic rings. The second-order valence-corrected chi connectivity index (χ2v) is 6.94. The number of hydrogen-bond acceptors (Lipinski definition) is 2. The van der Waals surface area contributed by atoms with Crippen LogP contribution in [0.5, 0.6) is 0 Å². The highest BCUT2D eigenvalue weighted by atomic mass is 15.2. The van der Waals surface area contributed by atoms with E-state index in [1.165, 1.54) is 57.8 Å². The number of rotatable bonds is 13. The second-order valence-electron chi connectivity index (χ2n) is 6.94. The van der Waals surface area contributed by atoms with E-state index in [4.69, 9.17) is 5.73 Å². The summed E-state index contributed by atoms with van der Waals surface area (Å²) in [7, 11) is 2.26. The Balaban J connectivity index is 3.79. The first-order valence-electron chi connectivity index (χ1n) is 8.94. The van der Waals surface area contributed by atoms with E-state index < -0.39 is 0 Å². The zero-order chi connectivity index (χ0) is 15.4. The van der Waals surface area contributed by atoms with Crippen molar-refractivity contribution >= 4 is 0 Å². The van der Waals surface area contributed by atoms with Gasteiger partial charge in [0.2, 0.25) is 0 Å². The lowest BCUT2D eigenvalue weighted by atomic mass is 10.00. The van der Waals surface area contributed by atoms with Crippen molar-refractivity contribution < 1.29 is 0 Å². The molecule has 2 atom stereocenters. The van der Waals surface area contributed by atoms with Crippen molar-refractivity contribution in [3.05, 3.63) is 0 Å². The Kier molecular flexibility index (Phi) is 12.6. The van der Waals surface area contributed by atoms with Crippen LogP contribution in [0.15, 0.2) is 0 Å². The van der Waals surface area contributed by atoms with Gasteiger partial charge in [0.15, 0.2) is 0 Å². The minimum atomic E-state index is 0.569. The van der Waals surface area contributed by atoms with Gasteiger partial charge in [0.1, 0.15) is 0 Å². The van der Waals surface area contributed by atoms with Crippen molar-refractivity contribution in [3.8, 4) is 0 Å². The van der Waals surface area contributed by atoms with E-state index in [2.05, 4.69) is 39.6 Å². The number of nitrogens with zero attached hydrogens (tertiary/aromatic N) is 1. The lowest BCUT2D eigenvalue weighted by Crippen LogP contribution is -2.43. The number of nitrogens with two attached hydrogens (primary N) is 1. The molecular weight excluding hydrogens is 244 g/mol. The molecule has 0 aromatic heterocycles. The zero-order valence-electron chi connectivity index (χ0n) is 14.8. The van der Waals surface area contributed by atoms with E-state index in [1.54, 1.807) is 0 Å². The molecule has 0 aliphatic heterocycles. The highest BCUT2D eigenvalue weighted by Gasteiger charge is 2.18. The summed E-state index contributed by atoms with van der Waals surface area (Å²) < 4.78 is 0. The van der Waals surface area contributed by atoms with Gasteiger partial charge in [0, 0.05) is 18.6 Å². The highest BCUT2D eigenvalue weighted by Crippen LogP contribution is 2.16. The van der Waals surface area contributed by atoms with Crippen molar-refractivity contribution in [3.63, 3.8) is 0 Å². The first kappa shape index (κ1) is 19.9. The van der Waals surface area contributed by atoms with Gasteiger partial charge in [-0.3, -0.25) is 4.90 Å². The maximum Gasteiger partial charge on any atom is 0.0218 e. The zero-order valence-corrected chi connectivity index (χ0v) is 14.8. The Bertz CT molecular complexity index is 204. The van der Waals surface area contributed by atoms with Gasteiger partial charge in [-0.2, -0.15) is 0 Å². The molecule has 0 amide bonds. The third-order valence-electron chi connectivity index (χ3n) is 4.50. The topological polar surface area (TPSA) is 29.3 Å². The normalized spacial score (nSPS) is 15.0. The Labute approximate surface area is 128 Å². The van der Waals surface area contributed by atoms with Crippen molar-refractivity contribution in [2.24, 2.45) is 11.7 Å². The Hall–Kier alpha value is -0.0800. The van der Waals surface area contributed by atoms with Gasteiger partial charge in [0.05, 0.1) is 0 Å². The molecule has 2 N–H and O–H groups in total. The molecule has 0 saturated heterocycles. The summed E-state index contributed by atoms with van der Waals surface area (Å²) in [6.07, 6.45) is 12.2. The highest BCUT2D eigenvalue weighted by molar-refractivity contribution is 4.75. The van der Waals surface area contributed by atoms with Gasteiger partial charge in [-0.05, 0) is 32.7 Å². The molecule has 0 rings (SSSR count). The quantitative estimate of drug-likeness (QED) is 0.491. The molecule has 0 saturated carbocycles. The van der Waals surface area contributed by atoms with E-state index in [1.807, 2.05) is 0 Å². The molecular formula is C18H40N2. The van der Waals surface area contributed by atoms with Gasteiger partial charge in [-0.15, -0.1) is 0 Å². The summed E-state index contributed by atoms with van der Waals surface area (Å²) in [6, 6.07) is 1.22. The summed E-state index contributed by atoms with van der Waals surface area (Å²) in [4.78, 5) is 2.51. The predicted molar refractivity (Wildman–Crippen MR) is 92.1 cm³/mol. The van der Waals surface area contributed by atoms with E-state index >= 15 is 0 Å². The van der Waals surface area contributed by atoms with Crippen LogP contribution in [0, 0.1) is 5.92 Å². The minimum absolute atomic E-state index is 0.569. The monoisotopic (exact) mass is 284 g/mol. The van der Waals surface area contributed by atoms with Crippen molar-refractivity contribution in [1.82, 2.24) is 4.90 Å². The van der Waals surface area contributed by atoms with Crippen LogP contribution >= 0.6 is 0 Å². The molecule has 0 fully saturated rings. The van der Waals surface area contributed by atoms with Crippen LogP contribution < -0.4 is 5.73 Å². The molecule has 0 aromatic carbocycles. The van der Waals surface area contributed by atoms with Crippen LogP contribution in [0.3, 0.4) is 0 Å². The Morgan fingerprint density at radius 2 is 1.45 bits per heavy atom. The molecule has 2 unspecified atom stereocenters. The lowest BCUT2D eigenvalue weighted by Gasteiger charge is -2.33. The maximum absolute atomic E-state index is 5.98. The van der Waals surface area contributed by atoms with Crippen molar-refractivity contribution in [2.45, 2.75) is 97.6 Å². The van der Waals surface area contributed by atoms with Crippen LogP contribution in [0.25, 0.3) is 0 Å². The van der Waals surface area contributed by atoms with Gasteiger partial charge in [-0.1, -0.05) is 65.7 Å². The summed E-state index contributed by atoms with van der Waals surface area (Å²) in [5.74, 6) is 0.768. The van der Waals surface area contributed by atoms with Crippen molar-refractivity contribution in [2.75, 3.05) is 13.6 Å². The van der Waals surface area contributed by atoms with E-state index in [0.717, 1.165) is 12.5 Å². The maximum atomic E-state index is 5.98. The van der Waals surface area contributed by atoms with E-state index in [9.17, 15) is 0 Å². The first-order valence-corrected chi connectivity index (χ1v) is 8.94. The van der Waals surface area contributed by atoms with Crippen LogP contribution in [-0.4, -0.2) is 30.6 Å². The molecule has 0 aliphatic carbocycles. The Morgan fingerprint density at radius 1 is 0.900 bits per heavy atom. The van der Waals surface area contributed by atoms with Gasteiger partial charge < -0.3 is 5.73 Å². The third kappa shape index (κ3) is 9.77. The average Bonchev–Trinajstić information content (AvgIpc) is 2.40. The molecule has 2 nitrogen and oxygen atoms in total. The smallest absolute Gasteiger partial charge is 0.0218 e. The fraction of sp³-hybridized carbons (Fsp3) is 1.00. The predicted octanol–water partition coefficient (Wildman–Crippen LogP) is 4.82. The summed E-state index contributed by atoms with van der Waals surface area (Å²) in [5.41, 5.74) is 5.98. The molecule has 2 heteroatoms. The third-order valence-corrected chi connectivity index (χ3v) is 4.50. The summed E-state index contributed by atoms with van der Waals surface area (Å²) in [5, 5.41) is 0. The molecule has 122 valence electrons. The van der Waals surface area contributed by atoms with Crippen molar-refractivity contribution in [1.29, 1.82) is 0 Å². The average molecular weight is 285 g/mol.